The van der Waals surface area contributed by atoms with Crippen LogP contribution in [-0.4, -0.2) is 20.1 Å². The molecule has 1 unspecified atom stereocenters. The van der Waals surface area contributed by atoms with Crippen molar-refractivity contribution in [3.63, 3.8) is 0 Å². The fraction of sp³-hybridized carbons (Fsp3) is 0.190. The van der Waals surface area contributed by atoms with Gasteiger partial charge in [-0.2, -0.15) is 0 Å². The first-order valence-corrected chi connectivity index (χ1v) is 23.7. The third kappa shape index (κ3) is 10.2. The fourth-order valence-electron chi connectivity index (χ4n) is 9.89. The minimum atomic E-state index is -1.43. The minimum absolute atomic E-state index is 0. The summed E-state index contributed by atoms with van der Waals surface area (Å²) in [5, 5.41) is 14.8. The van der Waals surface area contributed by atoms with Crippen molar-refractivity contribution in [2.75, 3.05) is 0 Å². The molecule has 0 bridgehead atoms. The van der Waals surface area contributed by atoms with Crippen LogP contribution in [0.3, 0.4) is 0 Å². The van der Waals surface area contributed by atoms with Gasteiger partial charge in [0.05, 0.1) is 11.3 Å². The van der Waals surface area contributed by atoms with E-state index < -0.39 is 5.60 Å². The maximum atomic E-state index is 12.8. The van der Waals surface area contributed by atoms with E-state index >= 15 is 0 Å². The third-order valence-corrected chi connectivity index (χ3v) is 13.8. The molecule has 0 amide bonds. The average molecular weight is 1080 g/mol. The van der Waals surface area contributed by atoms with Gasteiger partial charge in [-0.05, 0) is 137 Å². The number of para-hydroxylation sites is 1. The Balaban J connectivity index is 0.000000397. The van der Waals surface area contributed by atoms with E-state index in [1.54, 1.807) is 12.4 Å². The van der Waals surface area contributed by atoms with Gasteiger partial charge < -0.3 is 19.5 Å². The second-order valence-corrected chi connectivity index (χ2v) is 19.1. The second-order valence-electron chi connectivity index (χ2n) is 19.1. The monoisotopic (exact) mass is 1080 g/mol. The molecule has 6 heteroatoms. The van der Waals surface area contributed by atoms with Gasteiger partial charge in [0.1, 0.15) is 11.2 Å². The van der Waals surface area contributed by atoms with Gasteiger partial charge in [0.25, 0.3) is 0 Å². The number of fused-ring (bicyclic) bond motifs is 3. The SMILES string of the molecule is Cc1cc(C2CCC(C)(C)CC2)ccc1-c1cc(-c2[c-]c(CC(O)(c3ccc(-c4ccccc4)cc3)c3ccccn3)cc3c2oc2ccccc23)ncc1C.[Ir].[c-]1ccccc1-c1ccccn1. The summed E-state index contributed by atoms with van der Waals surface area (Å²) in [4.78, 5) is 13.9. The zero-order valence-electron chi connectivity index (χ0n) is 39.5. The van der Waals surface area contributed by atoms with Crippen LogP contribution in [0.5, 0.6) is 0 Å². The molecule has 1 radical (unpaired) electrons. The molecule has 345 valence electrons. The summed E-state index contributed by atoms with van der Waals surface area (Å²) in [7, 11) is 0. The van der Waals surface area contributed by atoms with Crippen LogP contribution in [0, 0.1) is 31.4 Å². The fourth-order valence-corrected chi connectivity index (χ4v) is 9.89. The van der Waals surface area contributed by atoms with Gasteiger partial charge >= 0.3 is 0 Å². The van der Waals surface area contributed by atoms with Gasteiger partial charge in [0.2, 0.25) is 0 Å². The molecule has 1 fully saturated rings. The molecule has 69 heavy (non-hydrogen) atoms. The molecule has 4 aromatic heterocycles. The Kier molecular flexibility index (Phi) is 14.0. The van der Waals surface area contributed by atoms with Crippen molar-refractivity contribution in [3.8, 4) is 44.8 Å². The zero-order valence-corrected chi connectivity index (χ0v) is 41.9. The predicted molar refractivity (Wildman–Crippen MR) is 277 cm³/mol. The van der Waals surface area contributed by atoms with E-state index in [4.69, 9.17) is 14.4 Å². The van der Waals surface area contributed by atoms with Crippen molar-refractivity contribution in [1.29, 1.82) is 0 Å². The molecule has 1 aliphatic rings. The Hall–Kier alpha value is -6.82. The van der Waals surface area contributed by atoms with Crippen molar-refractivity contribution in [3.05, 3.63) is 234 Å². The molecular formula is C63H55IrN3O2-2. The van der Waals surface area contributed by atoms with Gasteiger partial charge in [-0.15, -0.1) is 53.6 Å². The molecule has 10 aromatic rings. The van der Waals surface area contributed by atoms with Crippen LogP contribution in [0.25, 0.3) is 66.7 Å². The summed E-state index contributed by atoms with van der Waals surface area (Å²) in [6.45, 7) is 9.17. The van der Waals surface area contributed by atoms with Crippen LogP contribution in [0.15, 0.2) is 193 Å². The van der Waals surface area contributed by atoms with E-state index in [0.29, 0.717) is 17.0 Å². The van der Waals surface area contributed by atoms with Crippen LogP contribution in [0.2, 0.25) is 0 Å². The Morgan fingerprint density at radius 1 is 0.652 bits per heavy atom. The van der Waals surface area contributed by atoms with E-state index in [1.807, 2.05) is 115 Å². The molecule has 5 nitrogen and oxygen atoms in total. The summed E-state index contributed by atoms with van der Waals surface area (Å²) < 4.78 is 6.60. The molecule has 0 spiro atoms. The van der Waals surface area contributed by atoms with Crippen molar-refractivity contribution >= 4 is 21.9 Å². The predicted octanol–water partition coefficient (Wildman–Crippen LogP) is 15.5. The quantitative estimate of drug-likeness (QED) is 0.146. The number of furan rings is 1. The van der Waals surface area contributed by atoms with E-state index in [2.05, 4.69) is 105 Å². The first kappa shape index (κ1) is 47.3. The Bertz CT molecular complexity index is 3270. The number of aryl methyl sites for hydroxylation is 2. The standard InChI is InChI=1S/C52H47N2O2.C11H8N.Ir/c1-34-28-40(39-23-25-51(3,4)26-24-39)19-22-42(34)44-31-47(54-33-35(44)2)46-30-36(29-45-43-14-8-9-15-48(43)56-50(45)46)32-52(55,49-16-10-11-27-53-49)41-20-17-38(18-21-41)37-12-6-5-7-13-37;1-2-6-10(7-3-1)11-8-4-5-9-12-11;/h5-22,27-29,31,33,39,55H,23-26,32H2,1-4H3;1-6,8-9H;/q2*-1;. The normalized spacial score (nSPS) is 14.3. The Labute approximate surface area is 419 Å². The maximum absolute atomic E-state index is 12.8. The number of aliphatic hydroxyl groups is 1. The maximum Gasteiger partial charge on any atom is 0.134 e. The summed E-state index contributed by atoms with van der Waals surface area (Å²) >= 11 is 0. The Morgan fingerprint density at radius 3 is 2.07 bits per heavy atom. The van der Waals surface area contributed by atoms with Crippen LogP contribution in [-0.2, 0) is 32.1 Å². The van der Waals surface area contributed by atoms with Crippen molar-refractivity contribution in [2.24, 2.45) is 5.41 Å². The molecule has 0 aliphatic heterocycles. The Morgan fingerprint density at radius 2 is 1.36 bits per heavy atom. The second kappa shape index (κ2) is 20.4. The molecule has 1 N–H and O–H groups in total. The van der Waals surface area contributed by atoms with Gasteiger partial charge in [0, 0.05) is 44.1 Å². The van der Waals surface area contributed by atoms with Gasteiger partial charge in [-0.25, -0.2) is 0 Å². The van der Waals surface area contributed by atoms with E-state index in [9.17, 15) is 5.11 Å². The smallest absolute Gasteiger partial charge is 0.134 e. The van der Waals surface area contributed by atoms with E-state index in [-0.39, 0.29) is 26.5 Å². The minimum Gasteiger partial charge on any atom is -0.501 e. The number of hydrogen-bond donors (Lipinski definition) is 1. The molecule has 6 aromatic carbocycles. The van der Waals surface area contributed by atoms with Gasteiger partial charge in [-0.1, -0.05) is 140 Å². The average Bonchev–Trinajstić information content (AvgIpc) is 3.76. The molecule has 1 atom stereocenters. The topological polar surface area (TPSA) is 72.0 Å². The largest absolute Gasteiger partial charge is 0.501 e. The van der Waals surface area contributed by atoms with Crippen molar-refractivity contribution in [1.82, 2.24) is 15.0 Å². The summed E-state index contributed by atoms with van der Waals surface area (Å²) in [6.07, 6.45) is 10.8. The first-order chi connectivity index (χ1) is 33.1. The number of aromatic nitrogens is 3. The molecular weight excluding hydrogens is 1020 g/mol. The number of hydrogen-bond acceptors (Lipinski definition) is 5. The van der Waals surface area contributed by atoms with Crippen LogP contribution < -0.4 is 0 Å². The molecule has 11 rings (SSSR count). The first-order valence-electron chi connectivity index (χ1n) is 23.7. The number of pyridine rings is 3. The van der Waals surface area contributed by atoms with Crippen LogP contribution >= 0.6 is 0 Å². The van der Waals surface area contributed by atoms with Crippen LogP contribution in [0.4, 0.5) is 0 Å². The summed E-state index contributed by atoms with van der Waals surface area (Å²) in [6, 6.07) is 64.2. The summed E-state index contributed by atoms with van der Waals surface area (Å²) in [5.41, 5.74) is 14.7. The number of rotatable bonds is 9. The third-order valence-electron chi connectivity index (χ3n) is 13.8. The van der Waals surface area contributed by atoms with Crippen LogP contribution in [0.1, 0.15) is 79.0 Å². The molecule has 0 saturated heterocycles. The van der Waals surface area contributed by atoms with Crippen molar-refractivity contribution < 1.29 is 29.6 Å². The van der Waals surface area contributed by atoms with E-state index in [1.165, 1.54) is 42.4 Å². The van der Waals surface area contributed by atoms with Gasteiger partial charge in [0.15, 0.2) is 0 Å². The number of nitrogens with zero attached hydrogens (tertiary/aromatic N) is 3. The zero-order chi connectivity index (χ0) is 46.7. The number of benzene rings is 6. The van der Waals surface area contributed by atoms with Gasteiger partial charge in [-0.3, -0.25) is 4.98 Å². The van der Waals surface area contributed by atoms with Crippen molar-refractivity contribution in [2.45, 2.75) is 71.3 Å². The summed E-state index contributed by atoms with van der Waals surface area (Å²) in [5.74, 6) is 0.620. The van der Waals surface area contributed by atoms with E-state index in [0.717, 1.165) is 77.8 Å². The molecule has 4 heterocycles. The molecule has 1 saturated carbocycles. The molecule has 1 aliphatic carbocycles.